The van der Waals surface area contributed by atoms with Gasteiger partial charge in [0.1, 0.15) is 22.2 Å². The van der Waals surface area contributed by atoms with E-state index in [1.165, 1.54) is 17.4 Å². The van der Waals surface area contributed by atoms with Gasteiger partial charge in [0.2, 0.25) is 5.76 Å². The van der Waals surface area contributed by atoms with Crippen LogP contribution in [0.25, 0.3) is 10.2 Å². The van der Waals surface area contributed by atoms with Crippen molar-refractivity contribution in [2.24, 2.45) is 0 Å². The minimum Gasteiger partial charge on any atom is -0.497 e. The second kappa shape index (κ2) is 8.16. The molecule has 3 aromatic heterocycles. The molecule has 0 spiro atoms. The van der Waals surface area contributed by atoms with Crippen LogP contribution < -0.4 is 10.3 Å². The third-order valence-electron chi connectivity index (χ3n) is 4.84. The van der Waals surface area contributed by atoms with Crippen molar-refractivity contribution < 1.29 is 19.1 Å². The molecule has 0 amide bonds. The second-order valence-electron chi connectivity index (χ2n) is 6.80. The van der Waals surface area contributed by atoms with E-state index in [1.54, 1.807) is 17.7 Å². The highest BCUT2D eigenvalue weighted by Gasteiger charge is 2.17. The summed E-state index contributed by atoms with van der Waals surface area (Å²) in [5, 5.41) is 9.67. The number of ether oxygens (including phenoxy) is 1. The van der Waals surface area contributed by atoms with Gasteiger partial charge in [-0.1, -0.05) is 19.1 Å². The summed E-state index contributed by atoms with van der Waals surface area (Å²) < 4.78 is 12.1. The lowest BCUT2D eigenvalue weighted by molar-refractivity contribution is 0.0660. The first-order valence-corrected chi connectivity index (χ1v) is 10.3. The Morgan fingerprint density at radius 1 is 1.23 bits per heavy atom. The summed E-state index contributed by atoms with van der Waals surface area (Å²) in [6.07, 6.45) is 1.27. The Kier molecular flexibility index (Phi) is 5.41. The summed E-state index contributed by atoms with van der Waals surface area (Å²) in [5.74, 6) is 0.425. The maximum Gasteiger partial charge on any atom is 0.371 e. The van der Waals surface area contributed by atoms with Crippen molar-refractivity contribution in [3.8, 4) is 5.75 Å². The summed E-state index contributed by atoms with van der Waals surface area (Å²) in [7, 11) is 1.61. The van der Waals surface area contributed by atoms with E-state index in [4.69, 9.17) is 19.2 Å². The van der Waals surface area contributed by atoms with Crippen molar-refractivity contribution in [3.63, 3.8) is 0 Å². The van der Waals surface area contributed by atoms with E-state index in [9.17, 15) is 9.59 Å². The van der Waals surface area contributed by atoms with Crippen molar-refractivity contribution >= 4 is 27.5 Å². The number of carboxylic acids is 1. The van der Waals surface area contributed by atoms with Crippen LogP contribution in [0.5, 0.6) is 5.75 Å². The summed E-state index contributed by atoms with van der Waals surface area (Å²) in [6, 6.07) is 12.4. The Hall–Kier alpha value is -3.39. The number of carboxylic acid groups (broad SMARTS) is 1. The number of benzene rings is 1. The number of furan rings is 1. The molecule has 4 rings (SSSR count). The fraction of sp³-hybridized carbons (Fsp3) is 0.227. The number of aromatic carboxylic acids is 1. The van der Waals surface area contributed by atoms with Gasteiger partial charge in [-0.3, -0.25) is 9.36 Å². The lowest BCUT2D eigenvalue weighted by atomic mass is 10.1. The van der Waals surface area contributed by atoms with Gasteiger partial charge in [-0.15, -0.1) is 11.3 Å². The highest BCUT2D eigenvalue weighted by atomic mass is 32.1. The highest BCUT2D eigenvalue weighted by Crippen LogP contribution is 2.24. The number of rotatable bonds is 7. The van der Waals surface area contributed by atoms with Gasteiger partial charge >= 0.3 is 5.97 Å². The molecule has 0 fully saturated rings. The van der Waals surface area contributed by atoms with Crippen LogP contribution in [-0.4, -0.2) is 27.7 Å². The molecule has 154 valence electrons. The first kappa shape index (κ1) is 19.9. The van der Waals surface area contributed by atoms with Gasteiger partial charge in [0, 0.05) is 11.3 Å². The largest absolute Gasteiger partial charge is 0.497 e. The average Bonchev–Trinajstić information content (AvgIpc) is 3.38. The third-order valence-corrected chi connectivity index (χ3v) is 6.01. The maximum atomic E-state index is 13.3. The third kappa shape index (κ3) is 3.86. The number of aromatic nitrogens is 2. The molecule has 0 aliphatic carbocycles. The zero-order chi connectivity index (χ0) is 21.3. The van der Waals surface area contributed by atoms with Crippen LogP contribution >= 0.6 is 11.3 Å². The second-order valence-corrected chi connectivity index (χ2v) is 7.92. The number of methoxy groups -OCH3 is 1. The van der Waals surface area contributed by atoms with Crippen LogP contribution in [0, 0.1) is 0 Å². The van der Waals surface area contributed by atoms with E-state index in [0.29, 0.717) is 28.2 Å². The van der Waals surface area contributed by atoms with Crippen molar-refractivity contribution in [1.82, 2.24) is 9.55 Å². The SMILES string of the molecule is CCc1cc2c(=O)n(Cc3ccc(C(=O)O)o3)c(Cc3ccc(OC)cc3)nc2s1. The van der Waals surface area contributed by atoms with Crippen molar-refractivity contribution in [3.05, 3.63) is 80.6 Å². The first-order valence-electron chi connectivity index (χ1n) is 9.45. The van der Waals surface area contributed by atoms with E-state index in [1.807, 2.05) is 37.3 Å². The maximum absolute atomic E-state index is 13.3. The smallest absolute Gasteiger partial charge is 0.371 e. The lowest BCUT2D eigenvalue weighted by Gasteiger charge is -2.12. The van der Waals surface area contributed by atoms with Gasteiger partial charge in [-0.2, -0.15) is 0 Å². The van der Waals surface area contributed by atoms with Crippen LogP contribution in [0.15, 0.2) is 51.7 Å². The zero-order valence-corrected chi connectivity index (χ0v) is 17.4. The van der Waals surface area contributed by atoms with Gasteiger partial charge in [0.15, 0.2) is 0 Å². The molecule has 30 heavy (non-hydrogen) atoms. The van der Waals surface area contributed by atoms with Gasteiger partial charge in [-0.05, 0) is 42.3 Å². The molecule has 1 N–H and O–H groups in total. The molecular weight excluding hydrogens is 404 g/mol. The topological polar surface area (TPSA) is 94.6 Å². The minimum atomic E-state index is -1.15. The predicted molar refractivity (Wildman–Crippen MR) is 114 cm³/mol. The molecule has 7 nitrogen and oxygen atoms in total. The van der Waals surface area contributed by atoms with Crippen LogP contribution in [0.2, 0.25) is 0 Å². The molecule has 0 saturated heterocycles. The van der Waals surface area contributed by atoms with Crippen molar-refractivity contribution in [2.75, 3.05) is 7.11 Å². The summed E-state index contributed by atoms with van der Waals surface area (Å²) in [5.41, 5.74) is 0.821. The van der Waals surface area contributed by atoms with E-state index < -0.39 is 5.97 Å². The van der Waals surface area contributed by atoms with Gasteiger partial charge in [0.05, 0.1) is 19.0 Å². The van der Waals surface area contributed by atoms with Gasteiger partial charge < -0.3 is 14.3 Å². The van der Waals surface area contributed by atoms with Crippen molar-refractivity contribution in [2.45, 2.75) is 26.3 Å². The fourth-order valence-corrected chi connectivity index (χ4v) is 4.22. The molecule has 1 aromatic carbocycles. The van der Waals surface area contributed by atoms with E-state index in [-0.39, 0.29) is 17.9 Å². The fourth-order valence-electron chi connectivity index (χ4n) is 3.24. The normalized spacial score (nSPS) is 11.1. The van der Waals surface area contributed by atoms with Crippen LogP contribution in [0.3, 0.4) is 0 Å². The number of carbonyl (C=O) groups is 1. The summed E-state index contributed by atoms with van der Waals surface area (Å²) in [6.45, 7) is 2.15. The van der Waals surface area contributed by atoms with Crippen LogP contribution in [0.4, 0.5) is 0 Å². The van der Waals surface area contributed by atoms with E-state index in [2.05, 4.69) is 0 Å². The van der Waals surface area contributed by atoms with Gasteiger partial charge in [-0.25, -0.2) is 9.78 Å². The Morgan fingerprint density at radius 3 is 2.63 bits per heavy atom. The molecule has 3 heterocycles. The monoisotopic (exact) mass is 424 g/mol. The number of hydrogen-bond donors (Lipinski definition) is 1. The number of aryl methyl sites for hydroxylation is 1. The molecular formula is C22H20N2O5S. The zero-order valence-electron chi connectivity index (χ0n) is 16.5. The Labute approximate surface area is 176 Å². The Morgan fingerprint density at radius 2 is 2.00 bits per heavy atom. The van der Waals surface area contributed by atoms with E-state index >= 15 is 0 Å². The number of thiophene rings is 1. The highest BCUT2D eigenvalue weighted by molar-refractivity contribution is 7.18. The molecule has 0 bridgehead atoms. The number of fused-ring (bicyclic) bond motifs is 1. The average molecular weight is 424 g/mol. The van der Waals surface area contributed by atoms with Crippen LogP contribution in [0.1, 0.15) is 39.5 Å². The minimum absolute atomic E-state index is 0.109. The van der Waals surface area contributed by atoms with Crippen molar-refractivity contribution in [1.29, 1.82) is 0 Å². The molecule has 0 saturated carbocycles. The number of hydrogen-bond acceptors (Lipinski definition) is 6. The molecule has 0 atom stereocenters. The summed E-state index contributed by atoms with van der Waals surface area (Å²) in [4.78, 5) is 31.0. The summed E-state index contributed by atoms with van der Waals surface area (Å²) >= 11 is 1.52. The molecule has 0 unspecified atom stereocenters. The molecule has 0 aliphatic heterocycles. The quantitative estimate of drug-likeness (QED) is 0.483. The molecule has 0 aliphatic rings. The van der Waals surface area contributed by atoms with Gasteiger partial charge in [0.25, 0.3) is 5.56 Å². The van der Waals surface area contributed by atoms with E-state index in [0.717, 1.165) is 22.6 Å². The van der Waals surface area contributed by atoms with Crippen LogP contribution in [-0.2, 0) is 19.4 Å². The first-order chi connectivity index (χ1) is 14.5. The standard InChI is InChI=1S/C22H20N2O5S/c1-3-16-11-17-20(30-16)23-19(10-13-4-6-14(28-2)7-5-13)24(21(17)25)12-15-8-9-18(29-15)22(26)27/h4-9,11H,3,10,12H2,1-2H3,(H,26,27). The molecule has 8 heteroatoms. The Balaban J connectivity index is 1.79. The lowest BCUT2D eigenvalue weighted by Crippen LogP contribution is -2.25. The number of nitrogens with zero attached hydrogens (tertiary/aromatic N) is 2. The predicted octanol–water partition coefficient (Wildman–Crippen LogP) is 3.96. The molecule has 4 aromatic rings. The molecule has 0 radical (unpaired) electrons. The Bertz CT molecular complexity index is 1270.